The predicted octanol–water partition coefficient (Wildman–Crippen LogP) is 5.36. The van der Waals surface area contributed by atoms with Gasteiger partial charge in [0.05, 0.1) is 30.8 Å². The first-order valence-electron chi connectivity index (χ1n) is 11.5. The highest BCUT2D eigenvalue weighted by Crippen LogP contribution is 2.39. The van der Waals surface area contributed by atoms with E-state index in [1.165, 1.54) is 30.0 Å². The van der Waals surface area contributed by atoms with Gasteiger partial charge in [-0.05, 0) is 42.3 Å². The summed E-state index contributed by atoms with van der Waals surface area (Å²) in [5, 5.41) is 6.00. The molecule has 7 nitrogen and oxygen atoms in total. The molecule has 0 aliphatic carbocycles. The summed E-state index contributed by atoms with van der Waals surface area (Å²) < 4.78 is 100. The number of methoxy groups -OCH3 is 1. The van der Waals surface area contributed by atoms with Crippen LogP contribution in [0.15, 0.2) is 42.5 Å². The van der Waals surface area contributed by atoms with E-state index in [-0.39, 0.29) is 36.6 Å². The van der Waals surface area contributed by atoms with E-state index in [1.54, 1.807) is 0 Å². The first-order valence-corrected chi connectivity index (χ1v) is 11.5. The molecule has 1 aliphatic heterocycles. The highest BCUT2D eigenvalue weighted by Gasteiger charge is 2.44. The van der Waals surface area contributed by atoms with Crippen molar-refractivity contribution in [3.8, 4) is 0 Å². The first-order chi connectivity index (χ1) is 18.2. The van der Waals surface area contributed by atoms with Crippen molar-refractivity contribution in [2.45, 2.75) is 38.4 Å². The fraction of sp³-hybridized carbons (Fsp3) is 0.320. The zero-order valence-corrected chi connectivity index (χ0v) is 20.5. The number of anilines is 1. The molecule has 14 heteroatoms. The molecule has 0 unspecified atom stereocenters. The molecule has 0 radical (unpaired) electrons. The molecule has 0 saturated heterocycles. The lowest BCUT2D eigenvalue weighted by Crippen LogP contribution is -2.31. The third-order valence-electron chi connectivity index (χ3n) is 6.20. The van der Waals surface area contributed by atoms with Crippen LogP contribution in [0.5, 0.6) is 0 Å². The number of benzene rings is 2. The van der Waals surface area contributed by atoms with E-state index < -0.39 is 52.9 Å². The van der Waals surface area contributed by atoms with Crippen LogP contribution in [0.2, 0.25) is 0 Å². The number of nitrogens with zero attached hydrogens (tertiary/aromatic N) is 3. The summed E-state index contributed by atoms with van der Waals surface area (Å²) in [5.74, 6) is -3.13. The predicted molar refractivity (Wildman–Crippen MR) is 123 cm³/mol. The monoisotopic (exact) mass is 558 g/mol. The Morgan fingerprint density at radius 1 is 1.03 bits per heavy atom. The summed E-state index contributed by atoms with van der Waals surface area (Å²) in [5.41, 5.74) is -2.86. The van der Waals surface area contributed by atoms with E-state index in [4.69, 9.17) is 0 Å². The van der Waals surface area contributed by atoms with Crippen LogP contribution >= 0.6 is 0 Å². The molecule has 4 rings (SSSR count). The van der Waals surface area contributed by atoms with Crippen molar-refractivity contribution in [2.75, 3.05) is 18.6 Å². The van der Waals surface area contributed by atoms with Crippen LogP contribution in [-0.4, -0.2) is 35.3 Å². The van der Waals surface area contributed by atoms with Gasteiger partial charge in [-0.3, -0.25) is 4.79 Å². The molecule has 0 bridgehead atoms. The zero-order valence-electron chi connectivity index (χ0n) is 20.5. The van der Waals surface area contributed by atoms with E-state index in [2.05, 4.69) is 15.2 Å². The Balaban J connectivity index is 1.62. The Hall–Kier alpha value is -4.10. The van der Waals surface area contributed by atoms with Gasteiger partial charge in [-0.15, -0.1) is 0 Å². The Morgan fingerprint density at radius 2 is 1.69 bits per heavy atom. The average molecular weight is 558 g/mol. The fourth-order valence-electron chi connectivity index (χ4n) is 4.26. The summed E-state index contributed by atoms with van der Waals surface area (Å²) in [6, 6.07) is 6.59. The second-order valence-corrected chi connectivity index (χ2v) is 8.81. The number of rotatable bonds is 6. The Bertz CT molecular complexity index is 1400. The van der Waals surface area contributed by atoms with Gasteiger partial charge in [0.15, 0.2) is 5.69 Å². The number of nitrogens with one attached hydrogen (secondary N) is 1. The lowest BCUT2D eigenvalue weighted by Gasteiger charge is -2.21. The minimum Gasteiger partial charge on any atom is -0.465 e. The van der Waals surface area contributed by atoms with Crippen molar-refractivity contribution in [2.24, 2.45) is 0 Å². The topological polar surface area (TPSA) is 76.5 Å². The quantitative estimate of drug-likeness (QED) is 0.326. The van der Waals surface area contributed by atoms with Gasteiger partial charge in [0.2, 0.25) is 0 Å². The Labute approximate surface area is 217 Å². The maximum absolute atomic E-state index is 14.4. The first kappa shape index (κ1) is 27.9. The van der Waals surface area contributed by atoms with Crippen LogP contribution in [0, 0.1) is 5.82 Å². The molecule has 1 aliphatic rings. The minimum atomic E-state index is -4.98. The van der Waals surface area contributed by atoms with E-state index in [1.807, 2.05) is 0 Å². The molecule has 1 N–H and O–H groups in total. The number of carbonyl (C=O) groups excluding carboxylic acids is 2. The van der Waals surface area contributed by atoms with Gasteiger partial charge in [0.1, 0.15) is 17.2 Å². The van der Waals surface area contributed by atoms with Crippen molar-refractivity contribution in [1.29, 1.82) is 0 Å². The van der Waals surface area contributed by atoms with Crippen LogP contribution in [0.4, 0.5) is 36.6 Å². The molecule has 208 valence electrons. The second kappa shape index (κ2) is 10.2. The Morgan fingerprint density at radius 3 is 2.26 bits per heavy atom. The van der Waals surface area contributed by atoms with Gasteiger partial charge < -0.3 is 15.0 Å². The summed E-state index contributed by atoms with van der Waals surface area (Å²) in [6.07, 6.45) is -9.53. The van der Waals surface area contributed by atoms with Crippen molar-refractivity contribution >= 4 is 17.7 Å². The number of ether oxygens (including phenoxy) is 1. The molecule has 1 atom stereocenters. The lowest BCUT2D eigenvalue weighted by atomic mass is 10.0. The number of fused-ring (bicyclic) bond motifs is 1. The molecule has 0 fully saturated rings. The van der Waals surface area contributed by atoms with E-state index in [0.717, 1.165) is 36.1 Å². The molecular formula is C25H21F7N4O3. The van der Waals surface area contributed by atoms with Crippen molar-refractivity contribution < 1.29 is 45.1 Å². The molecule has 0 saturated carbocycles. The molecule has 0 spiro atoms. The normalized spacial score (nSPS) is 14.2. The van der Waals surface area contributed by atoms with Crippen molar-refractivity contribution in [1.82, 2.24) is 15.1 Å². The number of halogens is 7. The van der Waals surface area contributed by atoms with Crippen LogP contribution in [0.1, 0.15) is 56.1 Å². The smallest absolute Gasteiger partial charge is 0.436 e. The second-order valence-electron chi connectivity index (χ2n) is 8.81. The highest BCUT2D eigenvalue weighted by atomic mass is 19.4. The number of carbonyl (C=O) groups is 2. The number of hydrogen-bond acceptors (Lipinski definition) is 5. The highest BCUT2D eigenvalue weighted by molar-refractivity contribution is 6.01. The average Bonchev–Trinajstić information content (AvgIpc) is 3.43. The summed E-state index contributed by atoms with van der Waals surface area (Å²) in [4.78, 5) is 26.2. The van der Waals surface area contributed by atoms with Crippen LogP contribution in [-0.2, 0) is 30.2 Å². The number of esters is 1. The maximum atomic E-state index is 14.4. The summed E-state index contributed by atoms with van der Waals surface area (Å²) in [6.45, 7) is 1.53. The molecule has 1 aromatic heterocycles. The van der Waals surface area contributed by atoms with Gasteiger partial charge in [-0.25, -0.2) is 13.9 Å². The number of alkyl halides is 6. The minimum absolute atomic E-state index is 0.0160. The van der Waals surface area contributed by atoms with E-state index in [9.17, 15) is 40.3 Å². The molecular weight excluding hydrogens is 537 g/mol. The third kappa shape index (κ3) is 5.68. The summed E-state index contributed by atoms with van der Waals surface area (Å²) >= 11 is 0. The van der Waals surface area contributed by atoms with Gasteiger partial charge in [0.25, 0.3) is 5.91 Å². The van der Waals surface area contributed by atoms with Gasteiger partial charge in [-0.2, -0.15) is 31.4 Å². The SMILES string of the molecule is COC(=O)c1ccc([C@H](C)NC(=O)c2c(C(F)(F)F)nn3c2N(Cc2ccc(C(F)(F)F)cc2)CC3)cc1F. The molecule has 39 heavy (non-hydrogen) atoms. The van der Waals surface area contributed by atoms with E-state index >= 15 is 0 Å². The molecule has 1 amide bonds. The molecule has 2 aromatic carbocycles. The number of amides is 1. The van der Waals surface area contributed by atoms with Crippen LogP contribution in [0.3, 0.4) is 0 Å². The van der Waals surface area contributed by atoms with Crippen LogP contribution < -0.4 is 10.2 Å². The van der Waals surface area contributed by atoms with E-state index in [0.29, 0.717) is 5.56 Å². The molecule has 2 heterocycles. The number of aromatic nitrogens is 2. The number of hydrogen-bond donors (Lipinski definition) is 1. The van der Waals surface area contributed by atoms with Gasteiger partial charge >= 0.3 is 18.3 Å². The summed E-state index contributed by atoms with van der Waals surface area (Å²) in [7, 11) is 1.07. The standard InChI is InChI=1S/C25H21F7N4O3/c1-13(15-5-8-17(18(26)11-15)23(38)39-2)33-21(37)19-20(25(30,31)32)34-36-10-9-35(22(19)36)12-14-3-6-16(7-4-14)24(27,28)29/h3-8,11,13H,9-10,12H2,1-2H3,(H,33,37)/t13-/m0/s1. The fourth-order valence-corrected chi connectivity index (χ4v) is 4.26. The van der Waals surface area contributed by atoms with Crippen LogP contribution in [0.25, 0.3) is 0 Å². The third-order valence-corrected chi connectivity index (χ3v) is 6.20. The van der Waals surface area contributed by atoms with Crippen molar-refractivity contribution in [3.63, 3.8) is 0 Å². The zero-order chi connectivity index (χ0) is 28.7. The van der Waals surface area contributed by atoms with Gasteiger partial charge in [-0.1, -0.05) is 18.2 Å². The Kier molecular flexibility index (Phi) is 7.32. The largest absolute Gasteiger partial charge is 0.465 e. The maximum Gasteiger partial charge on any atom is 0.436 e. The lowest BCUT2D eigenvalue weighted by molar-refractivity contribution is -0.142. The van der Waals surface area contributed by atoms with Gasteiger partial charge in [0, 0.05) is 13.1 Å². The van der Waals surface area contributed by atoms with Crippen molar-refractivity contribution in [3.05, 3.63) is 81.8 Å². The molecule has 3 aromatic rings.